The standard InChI is InChI=1S/C15H11FN6O4S/c16-9-3-2-8(6-10(9)22(25)26)19-12(23)7-11-13(24)20-15(27-11)21-14-17-4-1-5-18-14/h1-6,11H,7H2,(H,19,23)(H,17,18,20,21,24). The summed E-state index contributed by atoms with van der Waals surface area (Å²) in [5.41, 5.74) is -0.693. The van der Waals surface area contributed by atoms with E-state index in [-0.39, 0.29) is 23.2 Å². The van der Waals surface area contributed by atoms with Gasteiger partial charge in [0, 0.05) is 30.6 Å². The maximum Gasteiger partial charge on any atom is 0.306 e. The van der Waals surface area contributed by atoms with Crippen LogP contribution >= 0.6 is 11.8 Å². The zero-order valence-corrected chi connectivity index (χ0v) is 14.3. The minimum atomic E-state index is -1.01. The molecule has 2 aromatic rings. The van der Waals surface area contributed by atoms with Crippen molar-refractivity contribution in [1.29, 1.82) is 0 Å². The van der Waals surface area contributed by atoms with Gasteiger partial charge in [-0.3, -0.25) is 19.7 Å². The number of halogens is 1. The number of nitrogens with one attached hydrogen (secondary N) is 2. The lowest BCUT2D eigenvalue weighted by Gasteiger charge is -2.07. The van der Waals surface area contributed by atoms with Gasteiger partial charge in [0.2, 0.25) is 17.6 Å². The van der Waals surface area contributed by atoms with Crippen LogP contribution in [0, 0.1) is 15.9 Å². The molecule has 2 N–H and O–H groups in total. The number of aliphatic imine (C=N–C) groups is 1. The van der Waals surface area contributed by atoms with E-state index in [0.29, 0.717) is 0 Å². The van der Waals surface area contributed by atoms with Crippen molar-refractivity contribution >= 4 is 46.1 Å². The summed E-state index contributed by atoms with van der Waals surface area (Å²) in [4.78, 5) is 45.8. The van der Waals surface area contributed by atoms with Crippen LogP contribution in [-0.2, 0) is 9.59 Å². The molecule has 138 valence electrons. The second-order valence-corrected chi connectivity index (χ2v) is 6.43. The van der Waals surface area contributed by atoms with E-state index in [1.54, 1.807) is 6.07 Å². The number of hydrogen-bond acceptors (Lipinski definition) is 8. The van der Waals surface area contributed by atoms with Crippen LogP contribution in [0.15, 0.2) is 41.7 Å². The highest BCUT2D eigenvalue weighted by molar-refractivity contribution is 8.15. The average Bonchev–Trinajstić information content (AvgIpc) is 2.96. The first-order valence-corrected chi connectivity index (χ1v) is 8.37. The lowest BCUT2D eigenvalue weighted by Crippen LogP contribution is -2.28. The Bertz CT molecular complexity index is 939. The highest BCUT2D eigenvalue weighted by atomic mass is 32.2. The van der Waals surface area contributed by atoms with E-state index in [2.05, 4.69) is 25.6 Å². The first kappa shape index (κ1) is 18.4. The third kappa shape index (κ3) is 4.61. The van der Waals surface area contributed by atoms with E-state index >= 15 is 0 Å². The Kier molecular flexibility index (Phi) is 5.35. The van der Waals surface area contributed by atoms with Crippen LogP contribution < -0.4 is 10.6 Å². The molecule has 1 aromatic carbocycles. The number of aromatic nitrogens is 2. The van der Waals surface area contributed by atoms with Gasteiger partial charge >= 0.3 is 5.69 Å². The number of thioether (sulfide) groups is 1. The summed E-state index contributed by atoms with van der Waals surface area (Å²) in [6.45, 7) is 0. The van der Waals surface area contributed by atoms with Crippen molar-refractivity contribution in [3.63, 3.8) is 0 Å². The molecule has 10 nitrogen and oxygen atoms in total. The molecule has 0 radical (unpaired) electrons. The number of hydrogen-bond donors (Lipinski definition) is 2. The number of nitro benzene ring substituents is 1. The van der Waals surface area contributed by atoms with Gasteiger partial charge in [0.15, 0.2) is 5.17 Å². The van der Waals surface area contributed by atoms with Crippen molar-refractivity contribution in [3.8, 4) is 0 Å². The molecule has 0 aliphatic carbocycles. The molecular weight excluding hydrogens is 379 g/mol. The van der Waals surface area contributed by atoms with Gasteiger partial charge in [-0.25, -0.2) is 9.97 Å². The normalized spacial score (nSPS) is 17.6. The van der Waals surface area contributed by atoms with Crippen LogP contribution in [0.3, 0.4) is 0 Å². The predicted octanol–water partition coefficient (Wildman–Crippen LogP) is 1.77. The van der Waals surface area contributed by atoms with Crippen LogP contribution in [-0.4, -0.2) is 37.1 Å². The van der Waals surface area contributed by atoms with Crippen molar-refractivity contribution < 1.29 is 18.9 Å². The molecule has 0 spiro atoms. The number of amidine groups is 1. The van der Waals surface area contributed by atoms with Gasteiger partial charge in [-0.2, -0.15) is 9.38 Å². The molecule has 1 aliphatic rings. The maximum atomic E-state index is 13.3. The zero-order valence-electron chi connectivity index (χ0n) is 13.5. The minimum Gasteiger partial charge on any atom is -0.326 e. The zero-order chi connectivity index (χ0) is 19.4. The Morgan fingerprint density at radius 2 is 2.15 bits per heavy atom. The summed E-state index contributed by atoms with van der Waals surface area (Å²) in [5.74, 6) is -1.80. The molecule has 1 aliphatic heterocycles. The van der Waals surface area contributed by atoms with Gasteiger partial charge in [-0.15, -0.1) is 0 Å². The third-order valence-electron chi connectivity index (χ3n) is 3.33. The van der Waals surface area contributed by atoms with E-state index in [1.807, 2.05) is 0 Å². The van der Waals surface area contributed by atoms with Crippen molar-refractivity contribution in [2.45, 2.75) is 11.7 Å². The molecule has 2 heterocycles. The number of carbonyl (C=O) groups is 2. The minimum absolute atomic E-state index is 0.0584. The van der Waals surface area contributed by atoms with Crippen molar-refractivity contribution in [1.82, 2.24) is 15.3 Å². The molecule has 0 bridgehead atoms. The monoisotopic (exact) mass is 390 g/mol. The van der Waals surface area contributed by atoms with Crippen LogP contribution in [0.25, 0.3) is 0 Å². The highest BCUT2D eigenvalue weighted by Crippen LogP contribution is 2.25. The fraction of sp³-hybridized carbons (Fsp3) is 0.133. The Hall–Kier alpha value is -3.41. The van der Waals surface area contributed by atoms with Gasteiger partial charge in [0.1, 0.15) is 5.25 Å². The summed E-state index contributed by atoms with van der Waals surface area (Å²) in [7, 11) is 0. The average molecular weight is 390 g/mol. The van der Waals surface area contributed by atoms with E-state index < -0.39 is 33.5 Å². The van der Waals surface area contributed by atoms with E-state index in [4.69, 9.17) is 0 Å². The SMILES string of the molecule is O=C(CC1S/C(=N\c2ncccn2)NC1=O)Nc1ccc(F)c([N+](=O)[O-])c1. The molecule has 12 heteroatoms. The van der Waals surface area contributed by atoms with Gasteiger partial charge in [-0.1, -0.05) is 11.8 Å². The smallest absolute Gasteiger partial charge is 0.306 e. The second kappa shape index (κ2) is 7.86. The summed E-state index contributed by atoms with van der Waals surface area (Å²) in [6, 6.07) is 4.61. The van der Waals surface area contributed by atoms with Gasteiger partial charge in [-0.05, 0) is 18.2 Å². The fourth-order valence-electron chi connectivity index (χ4n) is 2.14. The van der Waals surface area contributed by atoms with Crippen LogP contribution in [0.1, 0.15) is 6.42 Å². The molecule has 1 fully saturated rings. The number of benzene rings is 1. The molecule has 2 amide bonds. The predicted molar refractivity (Wildman–Crippen MR) is 94.9 cm³/mol. The van der Waals surface area contributed by atoms with Crippen LogP contribution in [0.4, 0.5) is 21.7 Å². The summed E-state index contributed by atoms with van der Waals surface area (Å²) in [5, 5.41) is 15.2. The van der Waals surface area contributed by atoms with Crippen LogP contribution in [0.5, 0.6) is 0 Å². The lowest BCUT2D eigenvalue weighted by atomic mass is 10.2. The summed E-state index contributed by atoms with van der Waals surface area (Å²) >= 11 is 1.04. The van der Waals surface area contributed by atoms with E-state index in [1.165, 1.54) is 18.5 Å². The largest absolute Gasteiger partial charge is 0.326 e. The topological polar surface area (TPSA) is 139 Å². The Morgan fingerprint density at radius 1 is 1.41 bits per heavy atom. The van der Waals surface area contributed by atoms with Gasteiger partial charge in [0.05, 0.1) is 4.92 Å². The molecule has 1 aromatic heterocycles. The number of amides is 2. The van der Waals surface area contributed by atoms with Crippen molar-refractivity contribution in [2.24, 2.45) is 4.99 Å². The highest BCUT2D eigenvalue weighted by Gasteiger charge is 2.32. The molecule has 0 saturated carbocycles. The van der Waals surface area contributed by atoms with Crippen molar-refractivity contribution in [2.75, 3.05) is 5.32 Å². The quantitative estimate of drug-likeness (QED) is 0.586. The summed E-state index contributed by atoms with van der Waals surface area (Å²) < 4.78 is 13.3. The number of carbonyl (C=O) groups excluding carboxylic acids is 2. The Labute approximate surface area is 155 Å². The first-order chi connectivity index (χ1) is 12.9. The Morgan fingerprint density at radius 3 is 2.85 bits per heavy atom. The molecular formula is C15H11FN6O4S. The van der Waals surface area contributed by atoms with Crippen LogP contribution in [0.2, 0.25) is 0 Å². The molecule has 1 saturated heterocycles. The number of nitro groups is 1. The lowest BCUT2D eigenvalue weighted by molar-refractivity contribution is -0.387. The van der Waals surface area contributed by atoms with Gasteiger partial charge in [0.25, 0.3) is 5.95 Å². The summed E-state index contributed by atoms with van der Waals surface area (Å²) in [6.07, 6.45) is 2.80. The fourth-order valence-corrected chi connectivity index (χ4v) is 3.11. The van der Waals surface area contributed by atoms with E-state index in [9.17, 15) is 24.1 Å². The molecule has 1 atom stereocenters. The molecule has 27 heavy (non-hydrogen) atoms. The number of rotatable bonds is 5. The first-order valence-electron chi connectivity index (χ1n) is 7.49. The maximum absolute atomic E-state index is 13.3. The molecule has 3 rings (SSSR count). The second-order valence-electron chi connectivity index (χ2n) is 5.24. The Balaban J connectivity index is 1.63. The van der Waals surface area contributed by atoms with Crippen molar-refractivity contribution in [3.05, 3.63) is 52.6 Å². The van der Waals surface area contributed by atoms with E-state index in [0.717, 1.165) is 23.9 Å². The number of anilines is 1. The van der Waals surface area contributed by atoms with Gasteiger partial charge < -0.3 is 10.6 Å². The number of nitrogens with zero attached hydrogens (tertiary/aromatic N) is 4. The molecule has 1 unspecified atom stereocenters. The third-order valence-corrected chi connectivity index (χ3v) is 4.41.